The summed E-state index contributed by atoms with van der Waals surface area (Å²) in [6.45, 7) is 7.25. The Morgan fingerprint density at radius 3 is 2.81 bits per heavy atom. The molecule has 0 aromatic heterocycles. The quantitative estimate of drug-likeness (QED) is 0.769. The van der Waals surface area contributed by atoms with Crippen LogP contribution in [0.25, 0.3) is 0 Å². The maximum atomic E-state index is 6.11. The largest absolute Gasteiger partial charge is 0.492 e. The molecule has 0 heterocycles. The number of benzene rings is 1. The van der Waals surface area contributed by atoms with Crippen LogP contribution in [0.3, 0.4) is 0 Å². The van der Waals surface area contributed by atoms with Crippen LogP contribution in [0.2, 0.25) is 5.02 Å². The van der Waals surface area contributed by atoms with Gasteiger partial charge in [0.15, 0.2) is 0 Å². The summed E-state index contributed by atoms with van der Waals surface area (Å²) in [5.74, 6) is 0.739. The number of rotatable bonds is 6. The summed E-state index contributed by atoms with van der Waals surface area (Å²) in [6, 6.07) is 5.85. The van der Waals surface area contributed by atoms with Gasteiger partial charge in [-0.25, -0.2) is 0 Å². The third-order valence-electron chi connectivity index (χ3n) is 2.16. The maximum absolute atomic E-state index is 6.11. The molecule has 0 amide bonds. The third kappa shape index (κ3) is 4.25. The lowest BCUT2D eigenvalue weighted by Crippen LogP contribution is -2.05. The van der Waals surface area contributed by atoms with Crippen LogP contribution < -0.4 is 10.1 Å². The SMILES string of the molecule is C=C(C)CCOc1ccc(CNC)cc1Cl. The Bertz CT molecular complexity index is 363. The van der Waals surface area contributed by atoms with Gasteiger partial charge in [-0.05, 0) is 31.7 Å². The lowest BCUT2D eigenvalue weighted by Gasteiger charge is -2.09. The second-order valence-electron chi connectivity index (χ2n) is 3.85. The zero-order valence-electron chi connectivity index (χ0n) is 9.85. The molecule has 0 aliphatic rings. The van der Waals surface area contributed by atoms with Crippen molar-refractivity contribution in [2.75, 3.05) is 13.7 Å². The lowest BCUT2D eigenvalue weighted by molar-refractivity contribution is 0.322. The molecule has 0 saturated carbocycles. The highest BCUT2D eigenvalue weighted by atomic mass is 35.5. The molecule has 0 unspecified atom stereocenters. The molecule has 1 aromatic rings. The minimum Gasteiger partial charge on any atom is -0.492 e. The van der Waals surface area contributed by atoms with Gasteiger partial charge in [0.05, 0.1) is 11.6 Å². The van der Waals surface area contributed by atoms with Crippen LogP contribution in [0.4, 0.5) is 0 Å². The molecule has 2 nitrogen and oxygen atoms in total. The Morgan fingerprint density at radius 2 is 2.25 bits per heavy atom. The number of ether oxygens (including phenoxy) is 1. The average molecular weight is 240 g/mol. The Labute approximate surface area is 102 Å². The van der Waals surface area contributed by atoms with Crippen LogP contribution in [0.15, 0.2) is 30.4 Å². The standard InChI is InChI=1S/C13H18ClNO/c1-10(2)6-7-16-13-5-4-11(9-15-3)8-12(13)14/h4-5,8,15H,1,6-7,9H2,2-3H3. The summed E-state index contributed by atoms with van der Waals surface area (Å²) >= 11 is 6.11. The van der Waals surface area contributed by atoms with Gasteiger partial charge >= 0.3 is 0 Å². The normalized spacial score (nSPS) is 10.2. The van der Waals surface area contributed by atoms with Crippen molar-refractivity contribution < 1.29 is 4.74 Å². The summed E-state index contributed by atoms with van der Waals surface area (Å²) in [5, 5.41) is 3.74. The van der Waals surface area contributed by atoms with E-state index in [1.165, 1.54) is 0 Å². The molecule has 0 fully saturated rings. The van der Waals surface area contributed by atoms with E-state index in [0.29, 0.717) is 11.6 Å². The second kappa shape index (κ2) is 6.56. The summed E-state index contributed by atoms with van der Waals surface area (Å²) in [7, 11) is 1.91. The van der Waals surface area contributed by atoms with Crippen molar-refractivity contribution in [2.45, 2.75) is 19.9 Å². The van der Waals surface area contributed by atoms with E-state index in [1.807, 2.05) is 32.2 Å². The van der Waals surface area contributed by atoms with Crippen LogP contribution in [-0.2, 0) is 6.54 Å². The van der Waals surface area contributed by atoms with Crippen molar-refractivity contribution in [2.24, 2.45) is 0 Å². The average Bonchev–Trinajstić information content (AvgIpc) is 2.21. The topological polar surface area (TPSA) is 21.3 Å². The molecule has 3 heteroatoms. The monoisotopic (exact) mass is 239 g/mol. The molecule has 1 rings (SSSR count). The Hall–Kier alpha value is -0.990. The van der Waals surface area contributed by atoms with Gasteiger partial charge in [-0.3, -0.25) is 0 Å². The van der Waals surface area contributed by atoms with Gasteiger partial charge in [0, 0.05) is 13.0 Å². The van der Waals surface area contributed by atoms with Crippen LogP contribution in [-0.4, -0.2) is 13.7 Å². The van der Waals surface area contributed by atoms with E-state index in [9.17, 15) is 0 Å². The van der Waals surface area contributed by atoms with E-state index in [1.54, 1.807) is 0 Å². The molecule has 1 N–H and O–H groups in total. The molecule has 0 saturated heterocycles. The van der Waals surface area contributed by atoms with Crippen LogP contribution in [0, 0.1) is 0 Å². The molecule has 0 aliphatic carbocycles. The number of halogens is 1. The lowest BCUT2D eigenvalue weighted by atomic mass is 10.2. The third-order valence-corrected chi connectivity index (χ3v) is 2.46. The van der Waals surface area contributed by atoms with Gasteiger partial charge in [0.2, 0.25) is 0 Å². The predicted molar refractivity (Wildman–Crippen MR) is 69.1 cm³/mol. The zero-order valence-corrected chi connectivity index (χ0v) is 10.6. The van der Waals surface area contributed by atoms with E-state index in [-0.39, 0.29) is 0 Å². The van der Waals surface area contributed by atoms with Crippen molar-refractivity contribution in [3.05, 3.63) is 40.9 Å². The highest BCUT2D eigenvalue weighted by Gasteiger charge is 2.02. The van der Waals surface area contributed by atoms with Gasteiger partial charge in [0.25, 0.3) is 0 Å². The Balaban J connectivity index is 2.57. The minimum absolute atomic E-state index is 0.625. The molecule has 0 bridgehead atoms. The Kier molecular flexibility index (Phi) is 5.36. The van der Waals surface area contributed by atoms with Gasteiger partial charge in [0.1, 0.15) is 5.75 Å². The molecule has 0 aliphatic heterocycles. The van der Waals surface area contributed by atoms with Crippen molar-refractivity contribution in [3.8, 4) is 5.75 Å². The number of nitrogens with one attached hydrogen (secondary N) is 1. The fraction of sp³-hybridized carbons (Fsp3) is 0.385. The first-order chi connectivity index (χ1) is 7.63. The number of hydrogen-bond donors (Lipinski definition) is 1. The first-order valence-electron chi connectivity index (χ1n) is 5.33. The molecule has 0 radical (unpaired) electrons. The fourth-order valence-electron chi connectivity index (χ4n) is 1.31. The van der Waals surface area contributed by atoms with Crippen molar-refractivity contribution >= 4 is 11.6 Å². The smallest absolute Gasteiger partial charge is 0.137 e. The molecule has 1 aromatic carbocycles. The second-order valence-corrected chi connectivity index (χ2v) is 4.26. The maximum Gasteiger partial charge on any atom is 0.137 e. The highest BCUT2D eigenvalue weighted by molar-refractivity contribution is 6.32. The minimum atomic E-state index is 0.625. The van der Waals surface area contributed by atoms with E-state index in [4.69, 9.17) is 16.3 Å². The van der Waals surface area contributed by atoms with Crippen LogP contribution in [0.5, 0.6) is 5.75 Å². The molecular weight excluding hydrogens is 222 g/mol. The molecular formula is C13H18ClNO. The highest BCUT2D eigenvalue weighted by Crippen LogP contribution is 2.25. The fourth-order valence-corrected chi connectivity index (χ4v) is 1.57. The molecule has 16 heavy (non-hydrogen) atoms. The van der Waals surface area contributed by atoms with Crippen LogP contribution >= 0.6 is 11.6 Å². The molecule has 0 atom stereocenters. The zero-order chi connectivity index (χ0) is 12.0. The van der Waals surface area contributed by atoms with E-state index < -0.39 is 0 Å². The summed E-state index contributed by atoms with van der Waals surface area (Å²) in [6.07, 6.45) is 0.856. The van der Waals surface area contributed by atoms with E-state index >= 15 is 0 Å². The van der Waals surface area contributed by atoms with Crippen molar-refractivity contribution in [1.82, 2.24) is 5.32 Å². The number of hydrogen-bond acceptors (Lipinski definition) is 2. The first-order valence-corrected chi connectivity index (χ1v) is 5.71. The first kappa shape index (κ1) is 13.1. The van der Waals surface area contributed by atoms with Crippen molar-refractivity contribution in [1.29, 1.82) is 0 Å². The predicted octanol–water partition coefficient (Wildman–Crippen LogP) is 3.40. The van der Waals surface area contributed by atoms with Gasteiger partial charge in [-0.2, -0.15) is 0 Å². The van der Waals surface area contributed by atoms with Crippen molar-refractivity contribution in [3.63, 3.8) is 0 Å². The molecule has 0 spiro atoms. The van der Waals surface area contributed by atoms with E-state index in [2.05, 4.69) is 11.9 Å². The summed E-state index contributed by atoms with van der Waals surface area (Å²) in [4.78, 5) is 0. The van der Waals surface area contributed by atoms with E-state index in [0.717, 1.165) is 29.9 Å². The van der Waals surface area contributed by atoms with Gasteiger partial charge in [-0.15, -0.1) is 6.58 Å². The summed E-state index contributed by atoms with van der Waals surface area (Å²) < 4.78 is 5.57. The van der Waals surface area contributed by atoms with Gasteiger partial charge in [-0.1, -0.05) is 23.2 Å². The Morgan fingerprint density at radius 1 is 1.50 bits per heavy atom. The molecule has 88 valence electrons. The van der Waals surface area contributed by atoms with Gasteiger partial charge < -0.3 is 10.1 Å². The summed E-state index contributed by atoms with van der Waals surface area (Å²) in [5.41, 5.74) is 2.27. The van der Waals surface area contributed by atoms with Crippen LogP contribution in [0.1, 0.15) is 18.9 Å².